The lowest BCUT2D eigenvalue weighted by molar-refractivity contribution is 0.302. The zero-order chi connectivity index (χ0) is 18.0. The molecule has 0 saturated heterocycles. The summed E-state index contributed by atoms with van der Waals surface area (Å²) < 4.78 is 43.4. The Morgan fingerprint density at radius 2 is 2.12 bits per heavy atom. The van der Waals surface area contributed by atoms with Crippen molar-refractivity contribution < 1.29 is 17.5 Å². The van der Waals surface area contributed by atoms with Crippen LogP contribution in [0.25, 0.3) is 0 Å². The average Bonchev–Trinajstić information content (AvgIpc) is 2.56. The summed E-state index contributed by atoms with van der Waals surface area (Å²) in [6.07, 6.45) is 0.513. The van der Waals surface area contributed by atoms with Gasteiger partial charge in [0.05, 0.1) is 15.7 Å². The molecule has 0 radical (unpaired) electrons. The highest BCUT2D eigenvalue weighted by Crippen LogP contribution is 2.34. The summed E-state index contributed by atoms with van der Waals surface area (Å²) in [5.74, 6) is 0.0132. The lowest BCUT2D eigenvalue weighted by Crippen LogP contribution is -2.32. The molecule has 0 unspecified atom stereocenters. The third-order valence-corrected chi connectivity index (χ3v) is 6.51. The van der Waals surface area contributed by atoms with Crippen LogP contribution < -0.4 is 10.1 Å². The smallest absolute Gasteiger partial charge is 0.179 e. The maximum Gasteiger partial charge on any atom is 0.179 e. The number of rotatable bonds is 5. The van der Waals surface area contributed by atoms with Crippen molar-refractivity contribution in [2.45, 2.75) is 24.3 Å². The van der Waals surface area contributed by atoms with Crippen LogP contribution in [0.15, 0.2) is 41.3 Å². The number of sulfone groups is 1. The molecule has 3 rings (SSSR count). The van der Waals surface area contributed by atoms with Gasteiger partial charge in [-0.25, -0.2) is 12.8 Å². The first-order valence-corrected chi connectivity index (χ1v) is 10.0. The molecule has 134 valence electrons. The van der Waals surface area contributed by atoms with Crippen molar-refractivity contribution in [2.75, 3.05) is 18.9 Å². The van der Waals surface area contributed by atoms with E-state index in [4.69, 9.17) is 16.3 Å². The highest BCUT2D eigenvalue weighted by Gasteiger charge is 2.31. The SMILES string of the molecule is Cc1cccc2c1S(=O)(=O)CC[C@H]2NCCOc1cc(F)ccc1Cl. The second-order valence-electron chi connectivity index (χ2n) is 6.03. The number of nitrogens with one attached hydrogen (secondary N) is 1. The minimum Gasteiger partial charge on any atom is -0.491 e. The van der Waals surface area contributed by atoms with E-state index in [1.165, 1.54) is 18.2 Å². The van der Waals surface area contributed by atoms with Crippen molar-refractivity contribution in [3.63, 3.8) is 0 Å². The topological polar surface area (TPSA) is 55.4 Å². The van der Waals surface area contributed by atoms with E-state index in [0.717, 1.165) is 11.1 Å². The number of hydrogen-bond donors (Lipinski definition) is 1. The Balaban J connectivity index is 1.65. The minimum absolute atomic E-state index is 0.0509. The van der Waals surface area contributed by atoms with E-state index < -0.39 is 15.7 Å². The standard InChI is InChI=1S/C18H19ClFNO3S/c1-12-3-2-4-14-16(7-10-25(22,23)18(12)14)21-8-9-24-17-11-13(20)5-6-15(17)19/h2-6,11,16,21H,7-10H2,1H3/t16-/m1/s1. The summed E-state index contributed by atoms with van der Waals surface area (Å²) in [7, 11) is -3.22. The molecule has 1 heterocycles. The Kier molecular flexibility index (Phi) is 5.32. The molecule has 0 bridgehead atoms. The molecular formula is C18H19ClFNO3S. The minimum atomic E-state index is -3.22. The number of ether oxygens (including phenoxy) is 1. The van der Waals surface area contributed by atoms with Gasteiger partial charge >= 0.3 is 0 Å². The summed E-state index contributed by atoms with van der Waals surface area (Å²) >= 11 is 5.96. The van der Waals surface area contributed by atoms with E-state index >= 15 is 0 Å². The molecule has 1 aliphatic heterocycles. The largest absolute Gasteiger partial charge is 0.491 e. The fourth-order valence-corrected chi connectivity index (χ4v) is 5.15. The number of aryl methyl sites for hydroxylation is 1. The monoisotopic (exact) mass is 383 g/mol. The Bertz CT molecular complexity index is 886. The molecule has 0 aromatic heterocycles. The molecule has 0 spiro atoms. The van der Waals surface area contributed by atoms with Crippen molar-refractivity contribution in [2.24, 2.45) is 0 Å². The molecule has 1 N–H and O–H groups in total. The molecule has 7 heteroatoms. The van der Waals surface area contributed by atoms with Crippen LogP contribution in [0, 0.1) is 12.7 Å². The van der Waals surface area contributed by atoms with Crippen LogP contribution in [-0.2, 0) is 9.84 Å². The van der Waals surface area contributed by atoms with Crippen LogP contribution in [0.1, 0.15) is 23.6 Å². The van der Waals surface area contributed by atoms with Gasteiger partial charge in [-0.15, -0.1) is 0 Å². The molecule has 1 atom stereocenters. The summed E-state index contributed by atoms with van der Waals surface area (Å²) in [5, 5.41) is 3.67. The normalized spacial score (nSPS) is 18.6. The lowest BCUT2D eigenvalue weighted by atomic mass is 10.0. The fourth-order valence-electron chi connectivity index (χ4n) is 3.10. The molecular weight excluding hydrogens is 365 g/mol. The predicted molar refractivity (Wildman–Crippen MR) is 95.5 cm³/mol. The predicted octanol–water partition coefficient (Wildman–Crippen LogP) is 3.67. The fraction of sp³-hybridized carbons (Fsp3) is 0.333. The van der Waals surface area contributed by atoms with Gasteiger partial charge in [0, 0.05) is 18.7 Å². The van der Waals surface area contributed by atoms with Gasteiger partial charge in [0.1, 0.15) is 18.2 Å². The van der Waals surface area contributed by atoms with Crippen molar-refractivity contribution in [1.82, 2.24) is 5.32 Å². The quantitative estimate of drug-likeness (QED) is 0.800. The maximum atomic E-state index is 13.2. The van der Waals surface area contributed by atoms with Gasteiger partial charge in [-0.05, 0) is 36.6 Å². The van der Waals surface area contributed by atoms with Gasteiger partial charge in [0.2, 0.25) is 0 Å². The third-order valence-electron chi connectivity index (χ3n) is 4.25. The summed E-state index contributed by atoms with van der Waals surface area (Å²) in [6, 6.07) is 9.44. The zero-order valence-electron chi connectivity index (χ0n) is 13.8. The summed E-state index contributed by atoms with van der Waals surface area (Å²) in [6.45, 7) is 2.60. The second-order valence-corrected chi connectivity index (χ2v) is 8.48. The number of fused-ring (bicyclic) bond motifs is 1. The Morgan fingerprint density at radius 3 is 2.92 bits per heavy atom. The van der Waals surface area contributed by atoms with E-state index in [9.17, 15) is 12.8 Å². The van der Waals surface area contributed by atoms with Gasteiger partial charge in [-0.1, -0.05) is 29.8 Å². The molecule has 0 saturated carbocycles. The van der Waals surface area contributed by atoms with Crippen LogP contribution in [0.4, 0.5) is 4.39 Å². The van der Waals surface area contributed by atoms with E-state index in [2.05, 4.69) is 5.32 Å². The van der Waals surface area contributed by atoms with Crippen LogP contribution in [0.3, 0.4) is 0 Å². The first-order chi connectivity index (χ1) is 11.9. The van der Waals surface area contributed by atoms with E-state index in [1.54, 1.807) is 0 Å². The van der Waals surface area contributed by atoms with Crippen molar-refractivity contribution >= 4 is 21.4 Å². The summed E-state index contributed by atoms with van der Waals surface area (Å²) in [4.78, 5) is 0.438. The Morgan fingerprint density at radius 1 is 1.32 bits per heavy atom. The van der Waals surface area contributed by atoms with E-state index in [0.29, 0.717) is 35.2 Å². The van der Waals surface area contributed by atoms with Crippen LogP contribution >= 0.6 is 11.6 Å². The first kappa shape index (κ1) is 18.2. The van der Waals surface area contributed by atoms with Crippen LogP contribution in [-0.4, -0.2) is 27.3 Å². The summed E-state index contributed by atoms with van der Waals surface area (Å²) in [5.41, 5.74) is 1.57. The van der Waals surface area contributed by atoms with E-state index in [1.807, 2.05) is 25.1 Å². The molecule has 2 aromatic rings. The number of hydrogen-bond acceptors (Lipinski definition) is 4. The zero-order valence-corrected chi connectivity index (χ0v) is 15.3. The highest BCUT2D eigenvalue weighted by atomic mass is 35.5. The van der Waals surface area contributed by atoms with Gasteiger partial charge in [0.15, 0.2) is 9.84 Å². The Labute approximate surface area is 151 Å². The van der Waals surface area contributed by atoms with Crippen molar-refractivity contribution in [1.29, 1.82) is 0 Å². The van der Waals surface area contributed by atoms with Gasteiger partial charge < -0.3 is 10.1 Å². The van der Waals surface area contributed by atoms with Gasteiger partial charge in [-0.2, -0.15) is 0 Å². The molecule has 0 fully saturated rings. The van der Waals surface area contributed by atoms with Crippen molar-refractivity contribution in [3.8, 4) is 5.75 Å². The first-order valence-electron chi connectivity index (χ1n) is 8.02. The molecule has 0 amide bonds. The van der Waals surface area contributed by atoms with Crippen LogP contribution in [0.2, 0.25) is 5.02 Å². The van der Waals surface area contributed by atoms with Crippen LogP contribution in [0.5, 0.6) is 5.75 Å². The van der Waals surface area contributed by atoms with Gasteiger partial charge in [-0.3, -0.25) is 0 Å². The molecule has 4 nitrogen and oxygen atoms in total. The van der Waals surface area contributed by atoms with Crippen molar-refractivity contribution in [3.05, 3.63) is 58.4 Å². The lowest BCUT2D eigenvalue weighted by Gasteiger charge is -2.27. The number of halogens is 2. The molecule has 25 heavy (non-hydrogen) atoms. The second kappa shape index (κ2) is 7.32. The average molecular weight is 384 g/mol. The third kappa shape index (κ3) is 3.97. The molecule has 0 aliphatic carbocycles. The highest BCUT2D eigenvalue weighted by molar-refractivity contribution is 7.91. The number of benzene rings is 2. The Hall–Kier alpha value is -1.63. The maximum absolute atomic E-state index is 13.2. The van der Waals surface area contributed by atoms with E-state index in [-0.39, 0.29) is 11.8 Å². The molecule has 1 aliphatic rings. The van der Waals surface area contributed by atoms with Gasteiger partial charge in [0.25, 0.3) is 0 Å². The molecule has 2 aromatic carbocycles.